The van der Waals surface area contributed by atoms with Crippen LogP contribution in [-0.4, -0.2) is 67.4 Å². The van der Waals surface area contributed by atoms with E-state index in [0.717, 1.165) is 13.0 Å². The monoisotopic (exact) mass is 342 g/mol. The largest absolute Gasteiger partial charge is 0.345 e. The van der Waals surface area contributed by atoms with Gasteiger partial charge in [0.15, 0.2) is 0 Å². The van der Waals surface area contributed by atoms with Gasteiger partial charge in [-0.3, -0.25) is 4.79 Å². The van der Waals surface area contributed by atoms with Crippen LogP contribution in [0.4, 0.5) is 0 Å². The summed E-state index contributed by atoms with van der Waals surface area (Å²) in [4.78, 5) is 13.8. The molecular weight excluding hydrogens is 316 g/mol. The molecular formula is C15H26N4O3S. The van der Waals surface area contributed by atoms with E-state index >= 15 is 0 Å². The lowest BCUT2D eigenvalue weighted by atomic mass is 10.0. The van der Waals surface area contributed by atoms with Crippen LogP contribution in [0, 0.1) is 0 Å². The van der Waals surface area contributed by atoms with Crippen molar-refractivity contribution >= 4 is 15.9 Å². The number of aryl methyl sites for hydroxylation is 1. The maximum absolute atomic E-state index is 13.1. The van der Waals surface area contributed by atoms with E-state index in [1.807, 2.05) is 13.8 Å². The molecule has 1 N–H and O–H groups in total. The summed E-state index contributed by atoms with van der Waals surface area (Å²) in [5, 5.41) is 3.23. The lowest BCUT2D eigenvalue weighted by molar-refractivity contribution is 0.0818. The lowest BCUT2D eigenvalue weighted by Gasteiger charge is -2.35. The third kappa shape index (κ3) is 3.44. The van der Waals surface area contributed by atoms with E-state index in [0.29, 0.717) is 18.8 Å². The summed E-state index contributed by atoms with van der Waals surface area (Å²) in [6.45, 7) is 5.71. The number of aromatic nitrogens is 1. The van der Waals surface area contributed by atoms with E-state index in [1.54, 1.807) is 30.0 Å². The molecule has 8 heteroatoms. The number of carbonyl (C=O) groups excluding carboxylic acids is 1. The van der Waals surface area contributed by atoms with Crippen molar-refractivity contribution in [2.24, 2.45) is 7.05 Å². The number of nitrogens with zero attached hydrogens (tertiary/aromatic N) is 3. The van der Waals surface area contributed by atoms with Gasteiger partial charge in [-0.2, -0.15) is 4.31 Å². The first-order chi connectivity index (χ1) is 10.6. The molecule has 0 unspecified atom stereocenters. The van der Waals surface area contributed by atoms with Crippen LogP contribution in [0.3, 0.4) is 0 Å². The SMILES string of the molecule is CN(C)C(=O)c1cc(S(=O)(=O)N2CCNCCC2(C)C)cn1C. The minimum atomic E-state index is -3.65. The molecule has 2 rings (SSSR count). The third-order valence-electron chi connectivity index (χ3n) is 4.27. The second-order valence-electron chi connectivity index (χ2n) is 6.76. The van der Waals surface area contributed by atoms with E-state index in [2.05, 4.69) is 5.32 Å². The normalized spacial score (nSPS) is 19.3. The fourth-order valence-electron chi connectivity index (χ4n) is 2.82. The number of nitrogens with one attached hydrogen (secondary N) is 1. The summed E-state index contributed by atoms with van der Waals surface area (Å²) in [5.41, 5.74) is -0.108. The Bertz CT molecular complexity index is 692. The van der Waals surface area contributed by atoms with Gasteiger partial charge in [-0.05, 0) is 32.9 Å². The van der Waals surface area contributed by atoms with Gasteiger partial charge < -0.3 is 14.8 Å². The second-order valence-corrected chi connectivity index (χ2v) is 8.62. The first-order valence-corrected chi connectivity index (χ1v) is 9.13. The van der Waals surface area contributed by atoms with Crippen molar-refractivity contribution in [3.63, 3.8) is 0 Å². The number of carbonyl (C=O) groups is 1. The van der Waals surface area contributed by atoms with Gasteiger partial charge in [0, 0.05) is 46.0 Å². The van der Waals surface area contributed by atoms with Gasteiger partial charge >= 0.3 is 0 Å². The highest BCUT2D eigenvalue weighted by Crippen LogP contribution is 2.28. The molecule has 23 heavy (non-hydrogen) atoms. The van der Waals surface area contributed by atoms with Gasteiger partial charge in [0.05, 0.1) is 0 Å². The first kappa shape index (κ1) is 18.0. The fourth-order valence-corrected chi connectivity index (χ4v) is 4.70. The summed E-state index contributed by atoms with van der Waals surface area (Å²) in [6, 6.07) is 1.46. The Morgan fingerprint density at radius 1 is 1.30 bits per heavy atom. The van der Waals surface area contributed by atoms with Gasteiger partial charge in [0.1, 0.15) is 10.6 Å². The summed E-state index contributed by atoms with van der Waals surface area (Å²) in [7, 11) is 1.33. The van der Waals surface area contributed by atoms with Crippen LogP contribution < -0.4 is 5.32 Å². The second kappa shape index (κ2) is 6.26. The summed E-state index contributed by atoms with van der Waals surface area (Å²) in [6.07, 6.45) is 2.25. The number of hydrogen-bond acceptors (Lipinski definition) is 4. The molecule has 1 fully saturated rings. The van der Waals surface area contributed by atoms with Crippen LogP contribution in [0.15, 0.2) is 17.2 Å². The zero-order valence-corrected chi connectivity index (χ0v) is 15.3. The molecule has 0 atom stereocenters. The molecule has 1 saturated heterocycles. The molecule has 0 bridgehead atoms. The first-order valence-electron chi connectivity index (χ1n) is 7.69. The van der Waals surface area contributed by atoms with Crippen molar-refractivity contribution in [1.29, 1.82) is 0 Å². The van der Waals surface area contributed by atoms with Gasteiger partial charge in [-0.15, -0.1) is 0 Å². The Hall–Kier alpha value is -1.38. The molecule has 1 aromatic rings. The smallest absolute Gasteiger partial charge is 0.269 e. The van der Waals surface area contributed by atoms with Crippen LogP contribution in [0.2, 0.25) is 0 Å². The van der Waals surface area contributed by atoms with Gasteiger partial charge in [-0.1, -0.05) is 0 Å². The van der Waals surface area contributed by atoms with E-state index in [9.17, 15) is 13.2 Å². The molecule has 0 saturated carbocycles. The molecule has 0 aliphatic carbocycles. The highest BCUT2D eigenvalue weighted by atomic mass is 32.2. The standard InChI is InChI=1S/C15H26N4O3S/c1-15(2)6-7-16-8-9-19(15)23(21,22)12-10-13(18(5)11-12)14(20)17(3)4/h10-11,16H,6-9H2,1-5H3. The summed E-state index contributed by atoms with van der Waals surface area (Å²) in [5.74, 6) is -0.217. The zero-order valence-electron chi connectivity index (χ0n) is 14.5. The average molecular weight is 342 g/mol. The van der Waals surface area contributed by atoms with E-state index in [1.165, 1.54) is 17.2 Å². The van der Waals surface area contributed by atoms with Crippen LogP contribution in [0.1, 0.15) is 30.8 Å². The molecule has 1 aromatic heterocycles. The Balaban J connectivity index is 2.43. The minimum Gasteiger partial charge on any atom is -0.345 e. The predicted molar refractivity (Wildman–Crippen MR) is 88.9 cm³/mol. The average Bonchev–Trinajstić information content (AvgIpc) is 2.73. The molecule has 0 aromatic carbocycles. The van der Waals surface area contributed by atoms with E-state index in [4.69, 9.17) is 0 Å². The van der Waals surface area contributed by atoms with Crippen LogP contribution in [-0.2, 0) is 17.1 Å². The maximum atomic E-state index is 13.1. The third-order valence-corrected chi connectivity index (χ3v) is 6.35. The van der Waals surface area contributed by atoms with Gasteiger partial charge in [0.25, 0.3) is 5.91 Å². The zero-order chi connectivity index (χ0) is 17.4. The quantitative estimate of drug-likeness (QED) is 0.867. The van der Waals surface area contributed by atoms with Crippen LogP contribution in [0.5, 0.6) is 0 Å². The molecule has 130 valence electrons. The molecule has 1 aliphatic heterocycles. The number of amides is 1. The molecule has 1 amide bonds. The Morgan fingerprint density at radius 3 is 2.57 bits per heavy atom. The summed E-state index contributed by atoms with van der Waals surface area (Å²) >= 11 is 0. The number of rotatable bonds is 3. The highest BCUT2D eigenvalue weighted by molar-refractivity contribution is 7.89. The van der Waals surface area contributed by atoms with Gasteiger partial charge in [0.2, 0.25) is 10.0 Å². The summed E-state index contributed by atoms with van der Waals surface area (Å²) < 4.78 is 29.3. The topological polar surface area (TPSA) is 74.7 Å². The molecule has 0 radical (unpaired) electrons. The molecule has 2 heterocycles. The number of hydrogen-bond donors (Lipinski definition) is 1. The van der Waals surface area contributed by atoms with Crippen molar-refractivity contribution in [2.75, 3.05) is 33.7 Å². The Kier molecular flexibility index (Phi) is 4.89. The van der Waals surface area contributed by atoms with Crippen molar-refractivity contribution in [3.05, 3.63) is 18.0 Å². The van der Waals surface area contributed by atoms with E-state index < -0.39 is 15.6 Å². The van der Waals surface area contributed by atoms with Crippen molar-refractivity contribution < 1.29 is 13.2 Å². The predicted octanol–water partition coefficient (Wildman–Crippen LogP) is 0.490. The Morgan fingerprint density at radius 2 is 1.96 bits per heavy atom. The Labute approximate surface area is 138 Å². The number of sulfonamides is 1. The van der Waals surface area contributed by atoms with Crippen LogP contribution >= 0.6 is 0 Å². The molecule has 7 nitrogen and oxygen atoms in total. The van der Waals surface area contributed by atoms with Crippen LogP contribution in [0.25, 0.3) is 0 Å². The maximum Gasteiger partial charge on any atom is 0.269 e. The van der Waals surface area contributed by atoms with Gasteiger partial charge in [-0.25, -0.2) is 8.42 Å². The van der Waals surface area contributed by atoms with Crippen molar-refractivity contribution in [1.82, 2.24) is 19.1 Å². The molecule has 0 spiro atoms. The fraction of sp³-hybridized carbons (Fsp3) is 0.667. The van der Waals surface area contributed by atoms with Crippen molar-refractivity contribution in [2.45, 2.75) is 30.7 Å². The highest BCUT2D eigenvalue weighted by Gasteiger charge is 2.38. The van der Waals surface area contributed by atoms with E-state index in [-0.39, 0.29) is 10.8 Å². The minimum absolute atomic E-state index is 0.167. The molecule has 1 aliphatic rings. The lowest BCUT2D eigenvalue weighted by Crippen LogP contribution is -2.47. The van der Waals surface area contributed by atoms with Crippen molar-refractivity contribution in [3.8, 4) is 0 Å².